The molecule has 5 nitrogen and oxygen atoms in total. The summed E-state index contributed by atoms with van der Waals surface area (Å²) < 4.78 is 1.77. The molecule has 0 aliphatic rings. The van der Waals surface area contributed by atoms with Gasteiger partial charge in [-0.1, -0.05) is 48.5 Å². The number of carbonyl (C=O) groups excluding carboxylic acids is 1. The Hall–Kier alpha value is -3.25. The summed E-state index contributed by atoms with van der Waals surface area (Å²) >= 11 is 1.55. The van der Waals surface area contributed by atoms with E-state index < -0.39 is 0 Å². The van der Waals surface area contributed by atoms with E-state index in [1.807, 2.05) is 73.1 Å². The molecule has 4 aromatic rings. The van der Waals surface area contributed by atoms with Crippen molar-refractivity contribution in [2.45, 2.75) is 13.5 Å². The summed E-state index contributed by atoms with van der Waals surface area (Å²) in [5.74, 6) is -0.0858. The molecule has 1 N–H and O–H groups in total. The van der Waals surface area contributed by atoms with Crippen LogP contribution in [0.15, 0.2) is 72.5 Å². The molecular weight excluding hydrogens is 356 g/mol. The molecule has 0 aliphatic carbocycles. The molecule has 0 radical (unpaired) electrons. The second-order valence-corrected chi connectivity index (χ2v) is 7.06. The fraction of sp³-hybridized carbons (Fsp3) is 0.0952. The van der Waals surface area contributed by atoms with E-state index in [0.29, 0.717) is 0 Å². The van der Waals surface area contributed by atoms with Crippen LogP contribution in [-0.4, -0.2) is 20.4 Å². The molecule has 0 atom stereocenters. The number of anilines is 1. The lowest BCUT2D eigenvalue weighted by Gasteiger charge is -2.08. The average molecular weight is 374 g/mol. The lowest BCUT2D eigenvalue weighted by molar-refractivity contribution is -0.116. The monoisotopic (exact) mass is 374 g/mol. The molecule has 27 heavy (non-hydrogen) atoms. The Bertz CT molecular complexity index is 1070. The van der Waals surface area contributed by atoms with Gasteiger partial charge in [0.1, 0.15) is 17.2 Å². The molecule has 4 rings (SSSR count). The average Bonchev–Trinajstić information content (AvgIpc) is 3.34. The summed E-state index contributed by atoms with van der Waals surface area (Å²) in [6, 6.07) is 17.8. The van der Waals surface area contributed by atoms with Crippen LogP contribution < -0.4 is 5.32 Å². The number of thiazole rings is 1. The van der Waals surface area contributed by atoms with Gasteiger partial charge in [0.05, 0.1) is 12.0 Å². The summed E-state index contributed by atoms with van der Waals surface area (Å²) in [4.78, 5) is 21.4. The van der Waals surface area contributed by atoms with Crippen molar-refractivity contribution in [3.63, 3.8) is 0 Å². The Balaban J connectivity index is 1.45. The van der Waals surface area contributed by atoms with Crippen LogP contribution in [0.2, 0.25) is 0 Å². The van der Waals surface area contributed by atoms with Gasteiger partial charge in [-0.25, -0.2) is 9.97 Å². The van der Waals surface area contributed by atoms with Gasteiger partial charge in [0.2, 0.25) is 5.91 Å². The summed E-state index contributed by atoms with van der Waals surface area (Å²) in [6.45, 7) is 2.18. The van der Waals surface area contributed by atoms with Crippen molar-refractivity contribution in [2.75, 3.05) is 5.32 Å². The van der Waals surface area contributed by atoms with Crippen LogP contribution >= 0.6 is 11.3 Å². The third-order valence-corrected chi connectivity index (χ3v) is 5.04. The minimum atomic E-state index is -0.0858. The fourth-order valence-corrected chi connectivity index (χ4v) is 3.55. The number of para-hydroxylation sites is 1. The smallest absolute Gasteiger partial charge is 0.244 e. The number of rotatable bonds is 5. The number of carbonyl (C=O) groups is 1. The maximum Gasteiger partial charge on any atom is 0.244 e. The number of nitrogens with zero attached hydrogens (tertiary/aromatic N) is 3. The molecule has 0 unspecified atom stereocenters. The zero-order valence-electron chi connectivity index (χ0n) is 14.8. The Labute approximate surface area is 161 Å². The van der Waals surface area contributed by atoms with Gasteiger partial charge in [0.15, 0.2) is 0 Å². The number of aromatic nitrogens is 3. The van der Waals surface area contributed by atoms with Gasteiger partial charge < -0.3 is 9.88 Å². The Morgan fingerprint density at radius 1 is 1.07 bits per heavy atom. The van der Waals surface area contributed by atoms with Crippen LogP contribution in [-0.2, 0) is 11.3 Å². The summed E-state index contributed by atoms with van der Waals surface area (Å²) in [6.07, 6.45) is 3.52. The molecule has 134 valence electrons. The Kier molecular flexibility index (Phi) is 4.80. The molecular formula is C21H18N4OS. The lowest BCUT2D eigenvalue weighted by atomic mass is 10.2. The van der Waals surface area contributed by atoms with Crippen LogP contribution in [0.5, 0.6) is 0 Å². The number of nitrogens with one attached hydrogen (secondary N) is 1. The number of hydrogen-bond donors (Lipinski definition) is 1. The fourth-order valence-electron chi connectivity index (χ4n) is 2.76. The Morgan fingerprint density at radius 2 is 1.85 bits per heavy atom. The van der Waals surface area contributed by atoms with Crippen LogP contribution in [0, 0.1) is 6.92 Å². The number of aryl methyl sites for hydroxylation is 1. The number of amides is 1. The van der Waals surface area contributed by atoms with Gasteiger partial charge in [-0.3, -0.25) is 4.79 Å². The first kappa shape index (κ1) is 17.2. The van der Waals surface area contributed by atoms with Gasteiger partial charge in [0, 0.05) is 22.8 Å². The maximum absolute atomic E-state index is 12.3. The van der Waals surface area contributed by atoms with Gasteiger partial charge in [0.25, 0.3) is 0 Å². The van der Waals surface area contributed by atoms with Crippen LogP contribution in [0.25, 0.3) is 22.0 Å². The van der Waals surface area contributed by atoms with Crippen molar-refractivity contribution in [3.05, 3.63) is 78.1 Å². The molecule has 0 saturated carbocycles. The standard InChI is InChI=1S/C21H18N4OS/c1-15-7-5-6-10-17(15)23-20(26)12-25-11-18(22-14-25)21-24-19(13-27-21)16-8-3-2-4-9-16/h2-11,13-14H,12H2,1H3,(H,23,26). The van der Waals surface area contributed by atoms with E-state index in [1.165, 1.54) is 0 Å². The summed E-state index contributed by atoms with van der Waals surface area (Å²) in [5.41, 5.74) is 4.65. The highest BCUT2D eigenvalue weighted by molar-refractivity contribution is 7.13. The molecule has 0 saturated heterocycles. The SMILES string of the molecule is Cc1ccccc1NC(=O)Cn1cnc(-c2nc(-c3ccccc3)cs2)c1. The second kappa shape index (κ2) is 7.55. The molecule has 6 heteroatoms. The van der Waals surface area contributed by atoms with Crippen LogP contribution in [0.4, 0.5) is 5.69 Å². The highest BCUT2D eigenvalue weighted by Gasteiger charge is 2.11. The molecule has 1 amide bonds. The van der Waals surface area contributed by atoms with Gasteiger partial charge in [-0.05, 0) is 18.6 Å². The van der Waals surface area contributed by atoms with Crippen molar-refractivity contribution in [2.24, 2.45) is 0 Å². The number of benzene rings is 2. The van der Waals surface area contributed by atoms with E-state index in [1.54, 1.807) is 22.2 Å². The van der Waals surface area contributed by atoms with Crippen molar-refractivity contribution in [1.29, 1.82) is 0 Å². The van der Waals surface area contributed by atoms with Crippen LogP contribution in [0.3, 0.4) is 0 Å². The van der Waals surface area contributed by atoms with E-state index >= 15 is 0 Å². The maximum atomic E-state index is 12.3. The van der Waals surface area contributed by atoms with Gasteiger partial charge in [-0.2, -0.15) is 0 Å². The first-order valence-electron chi connectivity index (χ1n) is 8.57. The first-order valence-corrected chi connectivity index (χ1v) is 9.45. The topological polar surface area (TPSA) is 59.8 Å². The van der Waals surface area contributed by atoms with Gasteiger partial charge in [-0.15, -0.1) is 11.3 Å². The highest BCUT2D eigenvalue weighted by Crippen LogP contribution is 2.27. The number of hydrogen-bond acceptors (Lipinski definition) is 4. The predicted octanol–water partition coefficient (Wildman–Crippen LogP) is 4.62. The minimum Gasteiger partial charge on any atom is -0.327 e. The zero-order chi connectivity index (χ0) is 18.6. The highest BCUT2D eigenvalue weighted by atomic mass is 32.1. The molecule has 2 heterocycles. The molecule has 0 bridgehead atoms. The largest absolute Gasteiger partial charge is 0.327 e. The summed E-state index contributed by atoms with van der Waals surface area (Å²) in [5, 5.41) is 5.79. The third-order valence-electron chi connectivity index (χ3n) is 4.17. The van der Waals surface area contributed by atoms with E-state index in [0.717, 1.165) is 33.2 Å². The Morgan fingerprint density at radius 3 is 2.67 bits per heavy atom. The van der Waals surface area contributed by atoms with E-state index in [-0.39, 0.29) is 12.5 Å². The predicted molar refractivity (Wildman–Crippen MR) is 109 cm³/mol. The quantitative estimate of drug-likeness (QED) is 0.554. The van der Waals surface area contributed by atoms with E-state index in [2.05, 4.69) is 15.3 Å². The van der Waals surface area contributed by atoms with Crippen molar-refractivity contribution in [3.8, 4) is 22.0 Å². The van der Waals surface area contributed by atoms with E-state index in [4.69, 9.17) is 0 Å². The molecule has 0 aliphatic heterocycles. The molecule has 0 spiro atoms. The normalized spacial score (nSPS) is 10.7. The molecule has 0 fully saturated rings. The van der Waals surface area contributed by atoms with Crippen molar-refractivity contribution < 1.29 is 4.79 Å². The van der Waals surface area contributed by atoms with Crippen molar-refractivity contribution >= 4 is 22.9 Å². The first-order chi connectivity index (χ1) is 13.2. The zero-order valence-corrected chi connectivity index (χ0v) is 15.6. The number of imidazole rings is 1. The van der Waals surface area contributed by atoms with Gasteiger partial charge >= 0.3 is 0 Å². The van der Waals surface area contributed by atoms with E-state index in [9.17, 15) is 4.79 Å². The molecule has 2 aromatic carbocycles. The second-order valence-electron chi connectivity index (χ2n) is 6.20. The lowest BCUT2D eigenvalue weighted by Crippen LogP contribution is -2.18. The third kappa shape index (κ3) is 3.96. The van der Waals surface area contributed by atoms with Crippen molar-refractivity contribution in [1.82, 2.24) is 14.5 Å². The minimum absolute atomic E-state index is 0.0858. The van der Waals surface area contributed by atoms with Crippen LogP contribution in [0.1, 0.15) is 5.56 Å². The molecule has 2 aromatic heterocycles. The summed E-state index contributed by atoms with van der Waals surface area (Å²) in [7, 11) is 0.